The lowest BCUT2D eigenvalue weighted by atomic mass is 10.1. The Balaban J connectivity index is 2.81. The number of esters is 1. The van der Waals surface area contributed by atoms with Crippen molar-refractivity contribution in [3.63, 3.8) is 0 Å². The zero-order valence-corrected chi connectivity index (χ0v) is 9.97. The maximum Gasteiger partial charge on any atom is 0.373 e. The Morgan fingerprint density at radius 3 is 2.71 bits per heavy atom. The van der Waals surface area contributed by atoms with Gasteiger partial charge in [0, 0.05) is 5.56 Å². The molecular weight excluding hydrogens is 220 g/mol. The van der Waals surface area contributed by atoms with E-state index in [2.05, 4.69) is 6.58 Å². The van der Waals surface area contributed by atoms with Gasteiger partial charge in [0.2, 0.25) is 5.76 Å². The fourth-order valence-corrected chi connectivity index (χ4v) is 1.30. The number of aliphatic hydroxyl groups is 1. The smallest absolute Gasteiger partial charge is 0.373 e. The van der Waals surface area contributed by atoms with Crippen molar-refractivity contribution in [2.45, 2.75) is 20.0 Å². The normalized spacial score (nSPS) is 11.7. The second-order valence-electron chi connectivity index (χ2n) is 3.46. The Labute approximate surface area is 100 Å². The molecule has 17 heavy (non-hydrogen) atoms. The standard InChI is InChI=1S/C13H16O4/c1-4-16-13(15)10(3)17-12-8-6-5-7-11(12)9(2)14/h5-9,14H,3-4H2,1-2H3. The SMILES string of the molecule is C=C(Oc1ccccc1C(C)O)C(=O)OCC. The van der Waals surface area contributed by atoms with Gasteiger partial charge < -0.3 is 14.6 Å². The van der Waals surface area contributed by atoms with Crippen molar-refractivity contribution >= 4 is 5.97 Å². The second-order valence-corrected chi connectivity index (χ2v) is 3.46. The van der Waals surface area contributed by atoms with E-state index in [1.165, 1.54) is 0 Å². The molecule has 92 valence electrons. The molecule has 1 aromatic rings. The number of carbonyl (C=O) groups excluding carboxylic acids is 1. The van der Waals surface area contributed by atoms with Gasteiger partial charge in [-0.2, -0.15) is 0 Å². The first-order valence-electron chi connectivity index (χ1n) is 5.37. The van der Waals surface area contributed by atoms with Crippen LogP contribution >= 0.6 is 0 Å². The van der Waals surface area contributed by atoms with E-state index in [1.807, 2.05) is 0 Å². The van der Waals surface area contributed by atoms with E-state index in [-0.39, 0.29) is 12.4 Å². The molecule has 0 aromatic heterocycles. The van der Waals surface area contributed by atoms with Crippen LogP contribution in [0.2, 0.25) is 0 Å². The van der Waals surface area contributed by atoms with Gasteiger partial charge in [-0.05, 0) is 26.5 Å². The first kappa shape index (κ1) is 13.3. The van der Waals surface area contributed by atoms with Crippen molar-refractivity contribution < 1.29 is 19.4 Å². The third-order valence-electron chi connectivity index (χ3n) is 2.11. The molecule has 1 unspecified atom stereocenters. The Bertz CT molecular complexity index is 410. The van der Waals surface area contributed by atoms with E-state index in [4.69, 9.17) is 9.47 Å². The second kappa shape index (κ2) is 6.06. The highest BCUT2D eigenvalue weighted by Gasteiger charge is 2.14. The first-order valence-corrected chi connectivity index (χ1v) is 5.37. The number of benzene rings is 1. The maximum absolute atomic E-state index is 11.3. The molecule has 0 aliphatic carbocycles. The predicted molar refractivity (Wildman–Crippen MR) is 63.5 cm³/mol. The number of hydrogen-bond acceptors (Lipinski definition) is 4. The van der Waals surface area contributed by atoms with Crippen LogP contribution in [0.25, 0.3) is 0 Å². The number of aliphatic hydroxyl groups excluding tert-OH is 1. The number of hydrogen-bond donors (Lipinski definition) is 1. The fourth-order valence-electron chi connectivity index (χ4n) is 1.30. The minimum atomic E-state index is -0.679. The van der Waals surface area contributed by atoms with E-state index in [1.54, 1.807) is 38.1 Å². The molecule has 0 saturated carbocycles. The van der Waals surface area contributed by atoms with Crippen LogP contribution in [-0.2, 0) is 9.53 Å². The molecule has 0 fully saturated rings. The van der Waals surface area contributed by atoms with Crippen molar-refractivity contribution in [2.24, 2.45) is 0 Å². The maximum atomic E-state index is 11.3. The van der Waals surface area contributed by atoms with Gasteiger partial charge in [0.15, 0.2) is 0 Å². The van der Waals surface area contributed by atoms with Gasteiger partial charge in [-0.25, -0.2) is 4.79 Å². The van der Waals surface area contributed by atoms with Gasteiger partial charge in [0.05, 0.1) is 12.7 Å². The summed E-state index contributed by atoms with van der Waals surface area (Å²) in [5.41, 5.74) is 0.595. The van der Waals surface area contributed by atoms with Gasteiger partial charge >= 0.3 is 5.97 Å². The van der Waals surface area contributed by atoms with Crippen LogP contribution < -0.4 is 4.74 Å². The van der Waals surface area contributed by atoms with Crippen LogP contribution in [-0.4, -0.2) is 17.7 Å². The number of ether oxygens (including phenoxy) is 2. The summed E-state index contributed by atoms with van der Waals surface area (Å²) in [7, 11) is 0. The van der Waals surface area contributed by atoms with E-state index < -0.39 is 12.1 Å². The summed E-state index contributed by atoms with van der Waals surface area (Å²) in [6.45, 7) is 7.08. The molecule has 1 rings (SSSR count). The number of para-hydroxylation sites is 1. The third kappa shape index (κ3) is 3.60. The predicted octanol–water partition coefficient (Wildman–Crippen LogP) is 2.20. The van der Waals surface area contributed by atoms with Crippen LogP contribution in [0, 0.1) is 0 Å². The molecule has 0 bridgehead atoms. The summed E-state index contributed by atoms with van der Waals surface area (Å²) in [5, 5.41) is 9.53. The molecule has 1 atom stereocenters. The van der Waals surface area contributed by atoms with Crippen molar-refractivity contribution in [3.8, 4) is 5.75 Å². The van der Waals surface area contributed by atoms with Crippen LogP contribution in [0.15, 0.2) is 36.6 Å². The van der Waals surface area contributed by atoms with Gasteiger partial charge in [-0.3, -0.25) is 0 Å². The van der Waals surface area contributed by atoms with Crippen LogP contribution in [0.1, 0.15) is 25.5 Å². The van der Waals surface area contributed by atoms with Crippen LogP contribution in [0.5, 0.6) is 5.75 Å². The van der Waals surface area contributed by atoms with Crippen molar-refractivity contribution in [2.75, 3.05) is 6.61 Å². The minimum absolute atomic E-state index is 0.0973. The Morgan fingerprint density at radius 2 is 2.12 bits per heavy atom. The molecule has 1 aromatic carbocycles. The summed E-state index contributed by atoms with van der Waals surface area (Å²) in [5.74, 6) is -0.298. The highest BCUT2D eigenvalue weighted by Crippen LogP contribution is 2.26. The lowest BCUT2D eigenvalue weighted by molar-refractivity contribution is -0.140. The highest BCUT2D eigenvalue weighted by atomic mass is 16.6. The van der Waals surface area contributed by atoms with E-state index in [0.717, 1.165) is 0 Å². The number of rotatable bonds is 5. The largest absolute Gasteiger partial charge is 0.460 e. The summed E-state index contributed by atoms with van der Waals surface area (Å²) < 4.78 is 10.0. The quantitative estimate of drug-likeness (QED) is 0.483. The first-order chi connectivity index (χ1) is 8.06. The summed E-state index contributed by atoms with van der Waals surface area (Å²) in [4.78, 5) is 11.3. The molecule has 0 aliphatic rings. The zero-order chi connectivity index (χ0) is 12.8. The Hall–Kier alpha value is -1.81. The molecule has 0 amide bonds. The van der Waals surface area contributed by atoms with E-state index >= 15 is 0 Å². The van der Waals surface area contributed by atoms with Crippen molar-refractivity contribution in [3.05, 3.63) is 42.2 Å². The zero-order valence-electron chi connectivity index (χ0n) is 9.97. The lowest BCUT2D eigenvalue weighted by Gasteiger charge is -2.13. The Kier molecular flexibility index (Phi) is 4.72. The topological polar surface area (TPSA) is 55.8 Å². The minimum Gasteiger partial charge on any atom is -0.460 e. The average Bonchev–Trinajstić information content (AvgIpc) is 2.29. The monoisotopic (exact) mass is 236 g/mol. The molecule has 0 radical (unpaired) electrons. The summed E-state index contributed by atoms with van der Waals surface area (Å²) >= 11 is 0. The van der Waals surface area contributed by atoms with Crippen molar-refractivity contribution in [1.82, 2.24) is 0 Å². The van der Waals surface area contributed by atoms with Gasteiger partial charge in [0.25, 0.3) is 0 Å². The van der Waals surface area contributed by atoms with E-state index in [9.17, 15) is 9.90 Å². The molecule has 4 heteroatoms. The molecule has 1 N–H and O–H groups in total. The summed E-state index contributed by atoms with van der Waals surface area (Å²) in [6.07, 6.45) is -0.679. The van der Waals surface area contributed by atoms with Crippen LogP contribution in [0.4, 0.5) is 0 Å². The summed E-state index contributed by atoms with van der Waals surface area (Å²) in [6, 6.07) is 6.91. The average molecular weight is 236 g/mol. The molecule has 0 aliphatic heterocycles. The lowest BCUT2D eigenvalue weighted by Crippen LogP contribution is -2.12. The molecular formula is C13H16O4. The highest BCUT2D eigenvalue weighted by molar-refractivity contribution is 5.86. The van der Waals surface area contributed by atoms with Crippen LogP contribution in [0.3, 0.4) is 0 Å². The van der Waals surface area contributed by atoms with Gasteiger partial charge in [-0.1, -0.05) is 18.2 Å². The van der Waals surface area contributed by atoms with E-state index in [0.29, 0.717) is 11.3 Å². The van der Waals surface area contributed by atoms with Gasteiger partial charge in [-0.15, -0.1) is 0 Å². The third-order valence-corrected chi connectivity index (χ3v) is 2.11. The molecule has 0 heterocycles. The molecule has 0 saturated heterocycles. The number of carbonyl (C=O) groups is 1. The Morgan fingerprint density at radius 1 is 1.47 bits per heavy atom. The van der Waals surface area contributed by atoms with Crippen molar-refractivity contribution in [1.29, 1.82) is 0 Å². The fraction of sp³-hybridized carbons (Fsp3) is 0.308. The molecule has 4 nitrogen and oxygen atoms in total. The molecule has 0 spiro atoms. The van der Waals surface area contributed by atoms with Gasteiger partial charge in [0.1, 0.15) is 5.75 Å².